The van der Waals surface area contributed by atoms with E-state index < -0.39 is 0 Å². The molecule has 0 aromatic heterocycles. The molecule has 0 radical (unpaired) electrons. The fourth-order valence-corrected chi connectivity index (χ4v) is 0.898. The molecule has 0 nitrogen and oxygen atoms in total. The summed E-state index contributed by atoms with van der Waals surface area (Å²) in [5.41, 5.74) is 0. The van der Waals surface area contributed by atoms with E-state index >= 15 is 0 Å². The molecule has 0 atom stereocenters. The molecule has 0 spiro atoms. The van der Waals surface area contributed by atoms with Crippen molar-refractivity contribution in [2.24, 2.45) is 0 Å². The van der Waals surface area contributed by atoms with Gasteiger partial charge in [-0.25, -0.2) is 0 Å². The van der Waals surface area contributed by atoms with Crippen LogP contribution in [0.1, 0.15) is 32.1 Å². The number of rotatable bonds is 0. The molecule has 0 saturated heterocycles. The quantitative estimate of drug-likeness (QED) is 0.255. The summed E-state index contributed by atoms with van der Waals surface area (Å²) < 4.78 is 0. The molecule has 1 fully saturated rings. The summed E-state index contributed by atoms with van der Waals surface area (Å²) in [5, 5.41) is 0. The molecule has 0 unspecified atom stereocenters. The molecular formula is C6H11ClILiZn. The molecule has 0 heterocycles. The van der Waals surface area contributed by atoms with Crippen LogP contribution in [0.25, 0.3) is 0 Å². The van der Waals surface area contributed by atoms with Crippen LogP contribution in [0, 0.1) is 6.42 Å². The van der Waals surface area contributed by atoms with Crippen molar-refractivity contribution in [1.82, 2.24) is 0 Å². The SMILES string of the molecule is [CH-]1CCCCC1.[Cl-].[Li+].[Zn+][I]. The van der Waals surface area contributed by atoms with Crippen LogP contribution in [0.5, 0.6) is 0 Å². The summed E-state index contributed by atoms with van der Waals surface area (Å²) in [7, 11) is 0. The van der Waals surface area contributed by atoms with E-state index in [1.165, 1.54) is 46.9 Å². The van der Waals surface area contributed by atoms with E-state index in [0.29, 0.717) is 0 Å². The molecule has 10 heavy (non-hydrogen) atoms. The Morgan fingerprint density at radius 1 is 1.00 bits per heavy atom. The molecule has 1 aliphatic rings. The minimum atomic E-state index is 0. The minimum absolute atomic E-state index is 0. The Morgan fingerprint density at radius 3 is 1.50 bits per heavy atom. The van der Waals surface area contributed by atoms with Crippen LogP contribution < -0.4 is 31.3 Å². The van der Waals surface area contributed by atoms with Crippen molar-refractivity contribution in [1.29, 1.82) is 0 Å². The van der Waals surface area contributed by atoms with Crippen LogP contribution in [-0.2, 0) is 14.8 Å². The van der Waals surface area contributed by atoms with Gasteiger partial charge >= 0.3 is 53.4 Å². The average Bonchev–Trinajstić information content (AvgIpc) is 1.96. The molecular weight excluding hydrogens is 307 g/mol. The third-order valence-corrected chi connectivity index (χ3v) is 1.32. The normalized spacial score (nSPS) is 15.1. The van der Waals surface area contributed by atoms with E-state index in [1.807, 2.05) is 0 Å². The zero-order chi connectivity index (χ0) is 6.24. The van der Waals surface area contributed by atoms with Crippen LogP contribution in [0.3, 0.4) is 0 Å². The van der Waals surface area contributed by atoms with Crippen molar-refractivity contribution >= 4 is 19.8 Å². The third-order valence-electron chi connectivity index (χ3n) is 1.32. The number of halogens is 2. The van der Waals surface area contributed by atoms with Crippen molar-refractivity contribution < 1.29 is 46.1 Å². The van der Waals surface area contributed by atoms with Crippen LogP contribution >= 0.6 is 19.8 Å². The van der Waals surface area contributed by atoms with E-state index in [-0.39, 0.29) is 31.3 Å². The van der Waals surface area contributed by atoms with Crippen molar-refractivity contribution in [3.63, 3.8) is 0 Å². The summed E-state index contributed by atoms with van der Waals surface area (Å²) >= 11 is 3.62. The average molecular weight is 318 g/mol. The zero-order valence-electron chi connectivity index (χ0n) is 6.58. The first-order valence-electron chi connectivity index (χ1n) is 3.08. The van der Waals surface area contributed by atoms with Crippen molar-refractivity contribution in [2.45, 2.75) is 32.1 Å². The van der Waals surface area contributed by atoms with E-state index in [4.69, 9.17) is 0 Å². The zero-order valence-corrected chi connectivity index (χ0v) is 12.5. The Labute approximate surface area is 103 Å². The van der Waals surface area contributed by atoms with Crippen LogP contribution in [0.15, 0.2) is 0 Å². The van der Waals surface area contributed by atoms with Gasteiger partial charge in [0, 0.05) is 0 Å². The maximum atomic E-state index is 2.39. The van der Waals surface area contributed by atoms with Crippen molar-refractivity contribution in [3.05, 3.63) is 6.42 Å². The summed E-state index contributed by atoms with van der Waals surface area (Å²) in [6.07, 6.45) is 9.50. The van der Waals surface area contributed by atoms with Crippen molar-refractivity contribution in [3.8, 4) is 0 Å². The van der Waals surface area contributed by atoms with Gasteiger partial charge in [-0.05, 0) is 0 Å². The second kappa shape index (κ2) is 17.4. The first-order chi connectivity index (χ1) is 4.00. The maximum absolute atomic E-state index is 2.39. The molecule has 1 aliphatic carbocycles. The van der Waals surface area contributed by atoms with Gasteiger partial charge < -0.3 is 18.8 Å². The Bertz CT molecular complexity index is 33.2. The van der Waals surface area contributed by atoms with E-state index in [2.05, 4.69) is 26.2 Å². The summed E-state index contributed by atoms with van der Waals surface area (Å²) in [4.78, 5) is 0. The molecule has 52 valence electrons. The molecule has 1 saturated carbocycles. The fourth-order valence-electron chi connectivity index (χ4n) is 0.898. The Balaban J connectivity index is -0.000000114. The third kappa shape index (κ3) is 12.9. The predicted octanol–water partition coefficient (Wildman–Crippen LogP) is -2.95. The molecule has 4 heteroatoms. The first-order valence-corrected chi connectivity index (χ1v) is 12.1. The Morgan fingerprint density at radius 2 is 1.40 bits per heavy atom. The molecule has 1 rings (SSSR count). The standard InChI is InChI=1S/C6H11.ClH.HI.Li.Zn/c1-2-4-6-5-3-1;;;;/h1H,2-6H2;2*1H;;/q-1;;;+1;+2/p-2. The van der Waals surface area contributed by atoms with E-state index in [9.17, 15) is 0 Å². The van der Waals surface area contributed by atoms with Gasteiger partial charge in [-0.3, -0.25) is 0 Å². The van der Waals surface area contributed by atoms with Crippen LogP contribution in [0.2, 0.25) is 0 Å². The van der Waals surface area contributed by atoms with Gasteiger partial charge in [0.15, 0.2) is 0 Å². The second-order valence-corrected chi connectivity index (χ2v) is 1.93. The van der Waals surface area contributed by atoms with E-state index in [0.717, 1.165) is 0 Å². The van der Waals surface area contributed by atoms with Gasteiger partial charge in [-0.1, -0.05) is 19.3 Å². The molecule has 0 aromatic carbocycles. The molecule has 0 bridgehead atoms. The molecule has 0 amide bonds. The summed E-state index contributed by atoms with van der Waals surface area (Å²) in [6, 6.07) is 0. The first kappa shape index (κ1) is 18.1. The molecule has 0 aliphatic heterocycles. The van der Waals surface area contributed by atoms with Gasteiger partial charge in [-0.15, -0.1) is 0 Å². The topological polar surface area (TPSA) is 0 Å². The fraction of sp³-hybridized carbons (Fsp3) is 0.833. The summed E-state index contributed by atoms with van der Waals surface area (Å²) in [5.74, 6) is 0. The van der Waals surface area contributed by atoms with Gasteiger partial charge in [0.1, 0.15) is 0 Å². The summed E-state index contributed by atoms with van der Waals surface area (Å²) in [6.45, 7) is 0. The van der Waals surface area contributed by atoms with Gasteiger partial charge in [0.2, 0.25) is 0 Å². The second-order valence-electron chi connectivity index (χ2n) is 1.93. The Kier molecular flexibility index (Phi) is 31.4. The monoisotopic (exact) mass is 316 g/mol. The van der Waals surface area contributed by atoms with Gasteiger partial charge in [0.05, 0.1) is 0 Å². The number of hydrogen-bond acceptors (Lipinski definition) is 0. The van der Waals surface area contributed by atoms with Crippen LogP contribution in [0.4, 0.5) is 0 Å². The van der Waals surface area contributed by atoms with Gasteiger partial charge in [0.25, 0.3) is 0 Å². The predicted molar refractivity (Wildman–Crippen MR) is 41.4 cm³/mol. The Hall–Kier alpha value is 2.24. The number of hydrogen-bond donors (Lipinski definition) is 0. The molecule has 0 N–H and O–H groups in total. The van der Waals surface area contributed by atoms with Crippen molar-refractivity contribution in [2.75, 3.05) is 0 Å². The van der Waals surface area contributed by atoms with E-state index in [1.54, 1.807) is 0 Å². The van der Waals surface area contributed by atoms with Gasteiger partial charge in [-0.2, -0.15) is 12.8 Å². The molecule has 0 aromatic rings. The van der Waals surface area contributed by atoms with Crippen LogP contribution in [-0.4, -0.2) is 0 Å².